The lowest BCUT2D eigenvalue weighted by molar-refractivity contribution is -0.158. The Kier molecular flexibility index (Phi) is 3.52. The van der Waals surface area contributed by atoms with E-state index in [4.69, 9.17) is 9.47 Å². The minimum Gasteiger partial charge on any atom is -0.453 e. The van der Waals surface area contributed by atoms with Gasteiger partial charge in [-0.25, -0.2) is 4.79 Å². The number of halogens is 1. The van der Waals surface area contributed by atoms with Gasteiger partial charge in [0.2, 0.25) is 0 Å². The Morgan fingerprint density at radius 1 is 1.32 bits per heavy atom. The average molecular weight is 408 g/mol. The quantitative estimate of drug-likeness (QED) is 0.706. The first-order chi connectivity index (χ1) is 11.8. The molecule has 7 nitrogen and oxygen atoms in total. The number of hydrogen-bond donors (Lipinski definition) is 2. The summed E-state index contributed by atoms with van der Waals surface area (Å²) >= 11 is 3.28. The molecule has 3 aliphatic rings. The molecule has 130 valence electrons. The molecule has 2 fully saturated rings. The number of rotatable bonds is 2. The van der Waals surface area contributed by atoms with Crippen LogP contribution in [0.15, 0.2) is 40.6 Å². The van der Waals surface area contributed by atoms with Gasteiger partial charge in [0.1, 0.15) is 11.9 Å². The van der Waals surface area contributed by atoms with E-state index >= 15 is 0 Å². The van der Waals surface area contributed by atoms with Crippen molar-refractivity contribution in [2.75, 3.05) is 0 Å². The van der Waals surface area contributed by atoms with Crippen LogP contribution in [-0.2, 0) is 19.1 Å². The fraction of sp³-hybridized carbons (Fsp3) is 0.353. The van der Waals surface area contributed by atoms with Gasteiger partial charge < -0.3 is 19.9 Å². The number of esters is 2. The summed E-state index contributed by atoms with van der Waals surface area (Å²) in [5.41, 5.74) is -1.07. The van der Waals surface area contributed by atoms with Crippen LogP contribution in [0.5, 0.6) is 0 Å². The molecule has 1 aromatic rings. The normalized spacial score (nSPS) is 35.6. The first kappa shape index (κ1) is 16.3. The second-order valence-electron chi connectivity index (χ2n) is 6.57. The van der Waals surface area contributed by atoms with Crippen molar-refractivity contribution in [3.8, 4) is 0 Å². The molecule has 25 heavy (non-hydrogen) atoms. The van der Waals surface area contributed by atoms with E-state index in [1.54, 1.807) is 24.3 Å². The van der Waals surface area contributed by atoms with Crippen LogP contribution in [0.3, 0.4) is 0 Å². The van der Waals surface area contributed by atoms with E-state index in [9.17, 15) is 19.5 Å². The van der Waals surface area contributed by atoms with E-state index in [1.165, 1.54) is 6.92 Å². The fourth-order valence-corrected chi connectivity index (χ4v) is 4.16. The highest BCUT2D eigenvalue weighted by Crippen LogP contribution is 2.50. The van der Waals surface area contributed by atoms with Gasteiger partial charge in [-0.05, 0) is 31.2 Å². The number of carbonyl (C=O) groups excluding carboxylic acids is 3. The van der Waals surface area contributed by atoms with E-state index in [-0.39, 0.29) is 11.5 Å². The van der Waals surface area contributed by atoms with Crippen molar-refractivity contribution in [3.63, 3.8) is 0 Å². The summed E-state index contributed by atoms with van der Waals surface area (Å²) < 4.78 is 11.2. The molecule has 2 N–H and O–H groups in total. The highest BCUT2D eigenvalue weighted by molar-refractivity contribution is 9.10. The fourth-order valence-electron chi connectivity index (χ4n) is 3.90. The van der Waals surface area contributed by atoms with Crippen molar-refractivity contribution in [1.29, 1.82) is 0 Å². The van der Waals surface area contributed by atoms with E-state index in [0.29, 0.717) is 5.56 Å². The van der Waals surface area contributed by atoms with Gasteiger partial charge in [0.05, 0.1) is 23.1 Å². The summed E-state index contributed by atoms with van der Waals surface area (Å²) in [4.78, 5) is 36.7. The van der Waals surface area contributed by atoms with Crippen LogP contribution in [0, 0.1) is 11.8 Å². The maximum atomic E-state index is 12.5. The minimum absolute atomic E-state index is 0.289. The van der Waals surface area contributed by atoms with Crippen LogP contribution in [-0.4, -0.2) is 40.7 Å². The lowest BCUT2D eigenvalue weighted by Crippen LogP contribution is -2.51. The van der Waals surface area contributed by atoms with E-state index in [1.807, 2.05) is 0 Å². The number of benzene rings is 1. The molecule has 4 rings (SSSR count). The first-order valence-corrected chi connectivity index (χ1v) is 8.50. The van der Waals surface area contributed by atoms with E-state index < -0.39 is 41.5 Å². The van der Waals surface area contributed by atoms with Gasteiger partial charge in [0, 0.05) is 10.4 Å². The van der Waals surface area contributed by atoms with Crippen molar-refractivity contribution in [3.05, 3.63) is 46.1 Å². The average Bonchev–Trinajstić information content (AvgIpc) is 2.98. The van der Waals surface area contributed by atoms with Crippen molar-refractivity contribution < 1.29 is 29.0 Å². The summed E-state index contributed by atoms with van der Waals surface area (Å²) in [6.07, 6.45) is 0.0487. The number of hydrogen-bond acceptors (Lipinski definition) is 6. The van der Waals surface area contributed by atoms with Gasteiger partial charge in [0.25, 0.3) is 5.91 Å². The van der Waals surface area contributed by atoms with Crippen LogP contribution in [0.4, 0.5) is 0 Å². The smallest absolute Gasteiger partial charge is 0.338 e. The Labute approximate surface area is 151 Å². The predicted molar refractivity (Wildman–Crippen MR) is 87.1 cm³/mol. The molecule has 2 aliphatic heterocycles. The summed E-state index contributed by atoms with van der Waals surface area (Å²) in [5, 5.41) is 13.6. The largest absolute Gasteiger partial charge is 0.453 e. The molecule has 1 amide bonds. The SMILES string of the molecule is C[C@]1(O)[C@@H](OC(=O)c2ccc(Br)cc2)[C@H]2NC(=O)C3=COC(=O)[C@H]1[C@@H]32. The Morgan fingerprint density at radius 3 is 2.68 bits per heavy atom. The molecule has 1 saturated carbocycles. The molecule has 0 aromatic heterocycles. The molecule has 8 heteroatoms. The molecule has 0 bridgehead atoms. The highest BCUT2D eigenvalue weighted by Gasteiger charge is 2.68. The lowest BCUT2D eigenvalue weighted by Gasteiger charge is -2.32. The molecule has 1 aromatic carbocycles. The predicted octanol–water partition coefficient (Wildman–Crippen LogP) is 0.911. The zero-order valence-corrected chi connectivity index (χ0v) is 14.6. The summed E-state index contributed by atoms with van der Waals surface area (Å²) in [6.45, 7) is 1.42. The second-order valence-corrected chi connectivity index (χ2v) is 7.49. The monoisotopic (exact) mass is 407 g/mol. The highest BCUT2D eigenvalue weighted by atomic mass is 79.9. The molecule has 5 atom stereocenters. The topological polar surface area (TPSA) is 102 Å². The third kappa shape index (κ3) is 2.31. The number of nitrogens with one attached hydrogen (secondary N) is 1. The molecule has 1 aliphatic carbocycles. The van der Waals surface area contributed by atoms with Crippen LogP contribution < -0.4 is 5.32 Å². The number of carbonyl (C=O) groups is 3. The number of amides is 1. The molecular weight excluding hydrogens is 394 g/mol. The summed E-state index contributed by atoms with van der Waals surface area (Å²) in [7, 11) is 0. The van der Waals surface area contributed by atoms with Gasteiger partial charge in [-0.1, -0.05) is 15.9 Å². The van der Waals surface area contributed by atoms with Gasteiger partial charge in [-0.15, -0.1) is 0 Å². The van der Waals surface area contributed by atoms with Gasteiger partial charge in [0.15, 0.2) is 6.10 Å². The number of aliphatic hydroxyl groups is 1. The molecule has 0 unspecified atom stereocenters. The van der Waals surface area contributed by atoms with Crippen LogP contribution in [0.1, 0.15) is 17.3 Å². The Bertz CT molecular complexity index is 815. The van der Waals surface area contributed by atoms with Crippen LogP contribution >= 0.6 is 15.9 Å². The van der Waals surface area contributed by atoms with Crippen molar-refractivity contribution in [2.45, 2.75) is 24.7 Å². The zero-order valence-electron chi connectivity index (χ0n) is 13.1. The Morgan fingerprint density at radius 2 is 2.00 bits per heavy atom. The molecule has 1 saturated heterocycles. The first-order valence-electron chi connectivity index (χ1n) is 7.71. The number of ether oxygens (including phenoxy) is 2. The second kappa shape index (κ2) is 5.40. The third-order valence-corrected chi connectivity index (χ3v) is 5.60. The van der Waals surface area contributed by atoms with Crippen molar-refractivity contribution >= 4 is 33.8 Å². The Hall–Kier alpha value is -2.19. The molecular formula is C17H14BrNO6. The van der Waals surface area contributed by atoms with E-state index in [0.717, 1.165) is 10.7 Å². The third-order valence-electron chi connectivity index (χ3n) is 5.07. The van der Waals surface area contributed by atoms with Crippen molar-refractivity contribution in [1.82, 2.24) is 5.32 Å². The molecule has 0 radical (unpaired) electrons. The standard InChI is InChI=1S/C17H14BrNO6/c1-17(23)11-10-9(6-24-16(11)22)14(20)19-12(10)13(17)25-15(21)7-2-4-8(18)5-3-7/h2-6,10-13,23H,1H3,(H,19,20)/t10-,11-,12+,13+,17-/m1/s1. The van der Waals surface area contributed by atoms with Crippen LogP contribution in [0.2, 0.25) is 0 Å². The van der Waals surface area contributed by atoms with E-state index in [2.05, 4.69) is 21.2 Å². The lowest BCUT2D eigenvalue weighted by atomic mass is 9.82. The maximum Gasteiger partial charge on any atom is 0.338 e. The van der Waals surface area contributed by atoms with Gasteiger partial charge >= 0.3 is 11.9 Å². The van der Waals surface area contributed by atoms with Gasteiger partial charge in [-0.3, -0.25) is 9.59 Å². The molecule has 0 spiro atoms. The summed E-state index contributed by atoms with van der Waals surface area (Å²) in [5.74, 6) is -3.21. The zero-order chi connectivity index (χ0) is 17.9. The van der Waals surface area contributed by atoms with Gasteiger partial charge in [-0.2, -0.15) is 0 Å². The maximum absolute atomic E-state index is 12.5. The number of cyclic esters (lactones) is 1. The van der Waals surface area contributed by atoms with Crippen LogP contribution in [0.25, 0.3) is 0 Å². The van der Waals surface area contributed by atoms with Crippen molar-refractivity contribution in [2.24, 2.45) is 11.8 Å². The Balaban J connectivity index is 1.67. The summed E-state index contributed by atoms with van der Waals surface area (Å²) in [6, 6.07) is 5.87. The minimum atomic E-state index is -1.66. The molecule has 2 heterocycles.